The van der Waals surface area contributed by atoms with Crippen LogP contribution in [0.15, 0.2) is 109 Å². The van der Waals surface area contributed by atoms with E-state index in [9.17, 15) is 38.5 Å². The summed E-state index contributed by atoms with van der Waals surface area (Å²) in [6.07, 6.45) is 1.21. The number of amides is 2. The van der Waals surface area contributed by atoms with Gasteiger partial charge in [-0.3, -0.25) is 24.2 Å². The third-order valence-electron chi connectivity index (χ3n) is 18.2. The Hall–Kier alpha value is -4.84. The molecule has 0 bridgehead atoms. The number of phenolic OH excluding ortho intramolecular Hbond substituents is 1. The number of hydrogen-bond acceptors (Lipinski definition) is 22. The molecule has 0 fully saturated rings. The molecule has 8 aromatic rings. The molecule has 0 saturated heterocycles. The Bertz CT molecular complexity index is 4380. The van der Waals surface area contributed by atoms with Crippen LogP contribution in [-0.2, 0) is 27.9 Å². The van der Waals surface area contributed by atoms with Crippen molar-refractivity contribution in [1.29, 1.82) is 0 Å². The Morgan fingerprint density at radius 1 is 0.562 bits per heavy atom. The molecule has 112 heavy (non-hydrogen) atoms. The predicted octanol–water partition coefficient (Wildman–Crippen LogP) is 21.7. The summed E-state index contributed by atoms with van der Waals surface area (Å²) in [7, 11) is -10.2. The van der Waals surface area contributed by atoms with Crippen LogP contribution in [0.2, 0.25) is 82.6 Å². The number of primary amides is 1. The zero-order valence-corrected chi connectivity index (χ0v) is 82.1. The number of carboxylic acid groups (broad SMARTS) is 1. The Morgan fingerprint density at radius 2 is 0.929 bits per heavy atom. The molecular weight excluding hydrogens is 1670 g/mol. The normalized spacial score (nSPS) is 11.9. The van der Waals surface area contributed by atoms with Crippen molar-refractivity contribution >= 4 is 188 Å². The number of nitrogens with zero attached hydrogens (tertiary/aromatic N) is 1. The first-order chi connectivity index (χ1) is 50.5. The largest absolute Gasteiger partial charge is 1.00 e. The van der Waals surface area contributed by atoms with Gasteiger partial charge in [-0.1, -0.05) is 119 Å². The number of hydrogen-bond donors (Lipinski definition) is 5. The smallest absolute Gasteiger partial charge is 0.870 e. The van der Waals surface area contributed by atoms with Gasteiger partial charge in [0.05, 0.1) is 48.3 Å². The molecule has 0 spiro atoms. The van der Waals surface area contributed by atoms with Gasteiger partial charge in [0.2, 0.25) is 25.0 Å². The fourth-order valence-corrected chi connectivity index (χ4v) is 15.6. The summed E-state index contributed by atoms with van der Waals surface area (Å²) in [6, 6.07) is 30.6. The van der Waals surface area contributed by atoms with Crippen molar-refractivity contribution in [3.63, 3.8) is 0 Å². The summed E-state index contributed by atoms with van der Waals surface area (Å²) in [6.45, 7) is 54.1. The van der Waals surface area contributed by atoms with Crippen LogP contribution < -0.4 is 53.3 Å². The maximum atomic E-state index is 12.4. The Kier molecular flexibility index (Phi) is 44.9. The minimum Gasteiger partial charge on any atom is -0.870 e. The zero-order valence-electron chi connectivity index (χ0n) is 69.6. The Balaban J connectivity index is 0.00000133. The number of halogens is 3. The van der Waals surface area contributed by atoms with Crippen molar-refractivity contribution < 1.29 is 120 Å². The second-order valence-electron chi connectivity index (χ2n) is 31.0. The molecule has 0 saturated carbocycles. The fraction of sp³-hybridized carbons (Fsp3) is 0.462. The molecule has 0 radical (unpaired) electrons. The van der Waals surface area contributed by atoms with Gasteiger partial charge in [-0.25, -0.2) is 14.4 Å². The van der Waals surface area contributed by atoms with Crippen LogP contribution >= 0.6 is 88.5 Å². The van der Waals surface area contributed by atoms with Crippen LogP contribution in [0.1, 0.15) is 169 Å². The monoisotopic (exact) mass is 1780 g/mol. The quantitative estimate of drug-likeness (QED) is 0.00615. The number of aromatic carboxylic acids is 1. The maximum Gasteiger partial charge on any atom is 1.00 e. The molecule has 6 N–H and O–H groups in total. The van der Waals surface area contributed by atoms with Crippen molar-refractivity contribution in [2.24, 2.45) is 5.73 Å². The van der Waals surface area contributed by atoms with Gasteiger partial charge >= 0.3 is 61.1 Å². The number of carbonyl (C=O) groups excluding carboxylic acids is 5. The van der Waals surface area contributed by atoms with E-state index in [1.54, 1.807) is 64.1 Å². The van der Waals surface area contributed by atoms with E-state index in [4.69, 9.17) is 82.0 Å². The first kappa shape index (κ1) is 107. The van der Waals surface area contributed by atoms with Gasteiger partial charge in [-0.15, -0.1) is 34.0 Å². The second kappa shape index (κ2) is 46.9. The minimum atomic E-state index is -3.29. The van der Waals surface area contributed by atoms with Crippen molar-refractivity contribution in [3.8, 4) is 28.7 Å². The van der Waals surface area contributed by atoms with E-state index in [0.29, 0.717) is 61.3 Å². The molecule has 5 aromatic carbocycles. The molecule has 8 rings (SSSR count). The number of benzene rings is 5. The summed E-state index contributed by atoms with van der Waals surface area (Å²) >= 11 is 25.5. The average Bonchev–Trinajstić information content (AvgIpc) is 1.62. The predicted molar refractivity (Wildman–Crippen MR) is 471 cm³/mol. The number of ether oxygens (including phenoxy) is 3. The molecule has 1 atom stereocenters. The molecule has 2 amide bonds. The van der Waals surface area contributed by atoms with E-state index in [2.05, 4.69) is 153 Å². The Labute approximate surface area is 720 Å². The van der Waals surface area contributed by atoms with E-state index in [1.807, 2.05) is 61.5 Å². The molecular formula is C78H115Cl3N2NaO19PS4Si4. The number of thiophene rings is 3. The first-order valence-electron chi connectivity index (χ1n) is 35.5. The molecule has 3 aromatic heterocycles. The number of aromatic hydroxyl groups is 1. The Morgan fingerprint density at radius 3 is 1.29 bits per heavy atom. The van der Waals surface area contributed by atoms with Crippen LogP contribution in [0.5, 0.6) is 28.7 Å². The van der Waals surface area contributed by atoms with Crippen molar-refractivity contribution in [2.45, 2.75) is 196 Å². The summed E-state index contributed by atoms with van der Waals surface area (Å²) in [5, 5.41) is 32.5. The first-order valence-corrected chi connectivity index (χ1v) is 53.8. The molecule has 0 aliphatic carbocycles. The molecule has 0 aliphatic heterocycles. The van der Waals surface area contributed by atoms with Crippen LogP contribution in [0.25, 0.3) is 30.3 Å². The SMILES string of the molecule is CC(C)(C)[Si](C)(C)Cl.CC(C)(C)[Si](C)(C)Oc1ccc(C=O)c(Cl)c1.CC(C)(C)[Si](C)(C)Oc1ccc2cc(C(=O)O)sc2c1.CCOC(=O)CS.CCOC(=O)c1cc2ccc(O[Si](C)(C)C(C)(C)C)cc2s1.CCOP(=O)(COc1ccc2cc(C(C)N(O)C(N)=O)sc2c1)OCC.O=Cc1ccc(O)cc1Cl.[Na+].[OH-]. The standard InChI is InChI=1S/C17H24O3SSi.C16H23N2O6PS.C15H20O3SSi.C13H19ClO2Si.C7H5ClO2.C6H15ClSi.C4H8O2S.Na.H2O/c1-7-19-16(18)15-10-12-8-9-13(11-14(12)21-15)20-22(5,6)17(2,3)4;1-4-23-25(21,24-5-2)10-22-13-7-6-12-8-14(26-15(12)9-13)11(3)18(20)16(17)19;1-15(2,3)20(4,5)18-11-7-6-10-8-13(14(16)17)19-12(10)9-11;1-13(2,3)17(4,5)16-11-7-6-10(9-15)12(14)8-11;8-7-3-6(10)2-1-5(7)4-9;1-6(2,3)8(4,5)7;1-2-6-4(5)3-7;;/h8-11H,7H2,1-6H3;6-9,11,20H,4-5,10H2,1-3H3,(H2,17,19);6-9H,1-5H3,(H,16,17);6-9H,1-5H3;1-4,10H;1-5H3;7H,2-3H2,1H3;;1H2/q;;;;;;;+1;/p-1. The number of hydroxylamine groups is 2. The van der Waals surface area contributed by atoms with Crippen LogP contribution in [0.4, 0.5) is 4.79 Å². The van der Waals surface area contributed by atoms with Crippen LogP contribution in [-0.4, -0.2) is 133 Å². The summed E-state index contributed by atoms with van der Waals surface area (Å²) < 4.78 is 59.5. The molecule has 618 valence electrons. The third-order valence-corrected chi connectivity index (χ3v) is 42.6. The van der Waals surface area contributed by atoms with E-state index >= 15 is 0 Å². The summed E-state index contributed by atoms with van der Waals surface area (Å²) in [4.78, 5) is 66.7. The summed E-state index contributed by atoms with van der Waals surface area (Å²) in [5.41, 5.74) is 5.98. The van der Waals surface area contributed by atoms with Gasteiger partial charge in [-0.2, -0.15) is 28.8 Å². The number of phenols is 1. The van der Waals surface area contributed by atoms with Crippen molar-refractivity contribution in [3.05, 3.63) is 145 Å². The van der Waals surface area contributed by atoms with Gasteiger partial charge in [0.1, 0.15) is 38.5 Å². The number of carbonyl (C=O) groups is 6. The van der Waals surface area contributed by atoms with Gasteiger partial charge < -0.3 is 58.0 Å². The fourth-order valence-electron chi connectivity index (χ4n) is 7.68. The zero-order chi connectivity index (χ0) is 84.5. The third kappa shape index (κ3) is 34.8. The topological polar surface area (TPSA) is 313 Å². The van der Waals surface area contributed by atoms with E-state index in [0.717, 1.165) is 58.7 Å². The number of nitrogens with two attached hydrogens (primary N) is 1. The molecule has 1 unspecified atom stereocenters. The number of carboxylic acids is 1. The van der Waals surface area contributed by atoms with E-state index in [1.165, 1.54) is 52.2 Å². The number of thiol groups is 1. The minimum absolute atomic E-state index is 0. The molecule has 34 heteroatoms. The van der Waals surface area contributed by atoms with Crippen molar-refractivity contribution in [1.82, 2.24) is 5.06 Å². The van der Waals surface area contributed by atoms with E-state index in [-0.39, 0.29) is 98.2 Å². The van der Waals surface area contributed by atoms with Crippen LogP contribution in [0, 0.1) is 0 Å². The molecule has 21 nitrogen and oxygen atoms in total. The summed E-state index contributed by atoms with van der Waals surface area (Å²) in [5.74, 6) is 1.84. The van der Waals surface area contributed by atoms with Gasteiger partial charge in [0.25, 0.3) is 0 Å². The number of fused-ring (bicyclic) bond motifs is 3. The molecule has 3 heterocycles. The number of esters is 2. The van der Waals surface area contributed by atoms with E-state index < -0.39 is 58.0 Å². The molecule has 0 aliphatic rings. The maximum absolute atomic E-state index is 12.4. The number of aldehydes is 2. The van der Waals surface area contributed by atoms with Crippen molar-refractivity contribution in [2.75, 3.05) is 38.5 Å². The van der Waals surface area contributed by atoms with Gasteiger partial charge in [-0.05, 0) is 219 Å². The average molecular weight is 1790 g/mol. The number of rotatable bonds is 22. The van der Waals surface area contributed by atoms with Crippen LogP contribution in [0.3, 0.4) is 0 Å². The van der Waals surface area contributed by atoms with Gasteiger partial charge in [0, 0.05) is 30.1 Å². The second-order valence-corrected chi connectivity index (χ2v) is 58.8. The van der Waals surface area contributed by atoms with Gasteiger partial charge in [0.15, 0.2) is 26.3 Å². The number of urea groups is 1.